The number of rotatable bonds is 3. The maximum Gasteiger partial charge on any atom is 0.274 e. The quantitative estimate of drug-likeness (QED) is 0.686. The lowest BCUT2D eigenvalue weighted by Crippen LogP contribution is -2.51. The molecular weight excluding hydrogens is 348 g/mol. The number of H-pyrrole nitrogens is 2. The van der Waals surface area contributed by atoms with Gasteiger partial charge in [-0.2, -0.15) is 5.10 Å². The molecule has 27 heavy (non-hydrogen) atoms. The lowest BCUT2D eigenvalue weighted by Gasteiger charge is -2.34. The van der Waals surface area contributed by atoms with Gasteiger partial charge in [-0.1, -0.05) is 6.07 Å². The molecular formula is C18H18N6O3. The summed E-state index contributed by atoms with van der Waals surface area (Å²) in [5.41, 5.74) is 2.54. The molecule has 2 amide bonds. The highest BCUT2D eigenvalue weighted by atomic mass is 16.2. The Hall–Kier alpha value is -3.49. The molecule has 3 heterocycles. The number of carbonyl (C=O) groups is 2. The molecule has 138 valence electrons. The van der Waals surface area contributed by atoms with Crippen LogP contribution in [-0.4, -0.2) is 68.0 Å². The van der Waals surface area contributed by atoms with Crippen molar-refractivity contribution in [2.45, 2.75) is 6.42 Å². The number of aromatic nitrogens is 4. The number of fused-ring (bicyclic) bond motifs is 1. The second-order valence-corrected chi connectivity index (χ2v) is 6.41. The first-order valence-electron chi connectivity index (χ1n) is 8.65. The molecule has 0 saturated carbocycles. The lowest BCUT2D eigenvalue weighted by atomic mass is 10.1. The molecule has 0 spiro atoms. The monoisotopic (exact) mass is 366 g/mol. The van der Waals surface area contributed by atoms with Crippen molar-refractivity contribution in [3.05, 3.63) is 58.3 Å². The van der Waals surface area contributed by atoms with E-state index in [0.717, 1.165) is 16.6 Å². The SMILES string of the molecule is O=C(Cc1ccc2nc[nH]c2c1)N1CCN(C(=O)c2ccc(=O)[nH]n2)CC1. The third kappa shape index (κ3) is 3.57. The Labute approximate surface area is 154 Å². The Kier molecular flexibility index (Phi) is 4.41. The van der Waals surface area contributed by atoms with Gasteiger partial charge >= 0.3 is 0 Å². The van der Waals surface area contributed by atoms with Gasteiger partial charge in [0.25, 0.3) is 11.5 Å². The van der Waals surface area contributed by atoms with Crippen LogP contribution in [0.15, 0.2) is 41.5 Å². The molecule has 9 heteroatoms. The summed E-state index contributed by atoms with van der Waals surface area (Å²) in [6.45, 7) is 1.82. The molecule has 4 rings (SSSR count). The fourth-order valence-electron chi connectivity index (χ4n) is 3.16. The number of hydrogen-bond acceptors (Lipinski definition) is 5. The summed E-state index contributed by atoms with van der Waals surface area (Å²) in [7, 11) is 0. The minimum absolute atomic E-state index is 0.0307. The van der Waals surface area contributed by atoms with E-state index in [0.29, 0.717) is 32.6 Å². The highest BCUT2D eigenvalue weighted by molar-refractivity contribution is 5.92. The Bertz CT molecular complexity index is 1030. The van der Waals surface area contributed by atoms with Crippen LogP contribution >= 0.6 is 0 Å². The molecule has 1 aliphatic heterocycles. The van der Waals surface area contributed by atoms with E-state index in [9.17, 15) is 14.4 Å². The molecule has 1 aromatic carbocycles. The van der Waals surface area contributed by atoms with Crippen LogP contribution in [0.2, 0.25) is 0 Å². The predicted octanol–water partition coefficient (Wildman–Crippen LogP) is 0.173. The summed E-state index contributed by atoms with van der Waals surface area (Å²) in [4.78, 5) is 46.6. The molecule has 0 unspecified atom stereocenters. The number of imidazole rings is 1. The molecule has 0 radical (unpaired) electrons. The number of nitrogens with one attached hydrogen (secondary N) is 2. The highest BCUT2D eigenvalue weighted by Gasteiger charge is 2.25. The van der Waals surface area contributed by atoms with Gasteiger partial charge in [0, 0.05) is 32.2 Å². The zero-order chi connectivity index (χ0) is 18.8. The van der Waals surface area contributed by atoms with Crippen LogP contribution in [0.4, 0.5) is 0 Å². The van der Waals surface area contributed by atoms with E-state index < -0.39 is 0 Å². The zero-order valence-electron chi connectivity index (χ0n) is 14.5. The number of piperazine rings is 1. The molecule has 3 aromatic rings. The molecule has 0 aliphatic carbocycles. The van der Waals surface area contributed by atoms with Gasteiger partial charge in [-0.3, -0.25) is 14.4 Å². The van der Waals surface area contributed by atoms with Crippen LogP contribution in [0.25, 0.3) is 11.0 Å². The van der Waals surface area contributed by atoms with Gasteiger partial charge in [-0.05, 0) is 23.8 Å². The van der Waals surface area contributed by atoms with Crippen molar-refractivity contribution in [1.82, 2.24) is 30.0 Å². The van der Waals surface area contributed by atoms with Gasteiger partial charge < -0.3 is 14.8 Å². The topological polar surface area (TPSA) is 115 Å². The average Bonchev–Trinajstić information content (AvgIpc) is 3.16. The van der Waals surface area contributed by atoms with E-state index in [1.165, 1.54) is 12.1 Å². The summed E-state index contributed by atoms with van der Waals surface area (Å²) < 4.78 is 0. The molecule has 0 atom stereocenters. The van der Waals surface area contributed by atoms with E-state index in [4.69, 9.17) is 0 Å². The maximum atomic E-state index is 12.6. The minimum atomic E-state index is -0.352. The summed E-state index contributed by atoms with van der Waals surface area (Å²) in [6, 6.07) is 8.41. The number of aromatic amines is 2. The first-order chi connectivity index (χ1) is 13.1. The fourth-order valence-corrected chi connectivity index (χ4v) is 3.16. The predicted molar refractivity (Wildman–Crippen MR) is 97.1 cm³/mol. The smallest absolute Gasteiger partial charge is 0.274 e. The van der Waals surface area contributed by atoms with Crippen molar-refractivity contribution in [1.29, 1.82) is 0 Å². The minimum Gasteiger partial charge on any atom is -0.345 e. The van der Waals surface area contributed by atoms with Crippen molar-refractivity contribution < 1.29 is 9.59 Å². The summed E-state index contributed by atoms with van der Waals surface area (Å²) >= 11 is 0. The van der Waals surface area contributed by atoms with Crippen molar-refractivity contribution in [3.8, 4) is 0 Å². The molecule has 2 aromatic heterocycles. The fraction of sp³-hybridized carbons (Fsp3) is 0.278. The second-order valence-electron chi connectivity index (χ2n) is 6.41. The van der Waals surface area contributed by atoms with E-state index >= 15 is 0 Å². The largest absolute Gasteiger partial charge is 0.345 e. The highest BCUT2D eigenvalue weighted by Crippen LogP contribution is 2.14. The summed E-state index contributed by atoms with van der Waals surface area (Å²) in [6.07, 6.45) is 1.94. The number of carbonyl (C=O) groups excluding carboxylic acids is 2. The van der Waals surface area contributed by atoms with Crippen molar-refractivity contribution in [2.75, 3.05) is 26.2 Å². The van der Waals surface area contributed by atoms with Crippen molar-refractivity contribution >= 4 is 22.8 Å². The van der Waals surface area contributed by atoms with Gasteiger partial charge in [0.05, 0.1) is 23.8 Å². The Morgan fingerprint density at radius 2 is 1.81 bits per heavy atom. The molecule has 1 fully saturated rings. The van der Waals surface area contributed by atoms with E-state index in [1.54, 1.807) is 16.1 Å². The Balaban J connectivity index is 1.35. The van der Waals surface area contributed by atoms with Crippen LogP contribution in [0.5, 0.6) is 0 Å². The van der Waals surface area contributed by atoms with Gasteiger partial charge in [0.2, 0.25) is 5.91 Å². The van der Waals surface area contributed by atoms with Crippen LogP contribution in [0, 0.1) is 0 Å². The summed E-state index contributed by atoms with van der Waals surface area (Å²) in [5.74, 6) is -0.217. The van der Waals surface area contributed by atoms with E-state index in [-0.39, 0.29) is 23.1 Å². The van der Waals surface area contributed by atoms with Crippen LogP contribution < -0.4 is 5.56 Å². The third-order valence-corrected chi connectivity index (χ3v) is 4.66. The number of nitrogens with zero attached hydrogens (tertiary/aromatic N) is 4. The molecule has 1 aliphatic rings. The normalized spacial score (nSPS) is 14.5. The second kappa shape index (κ2) is 7.02. The van der Waals surface area contributed by atoms with Gasteiger partial charge in [0.1, 0.15) is 5.69 Å². The first-order valence-corrected chi connectivity index (χ1v) is 8.65. The molecule has 1 saturated heterocycles. The van der Waals surface area contributed by atoms with E-state index in [2.05, 4.69) is 20.2 Å². The van der Waals surface area contributed by atoms with E-state index in [1.807, 2.05) is 18.2 Å². The van der Waals surface area contributed by atoms with Gasteiger partial charge in [-0.25, -0.2) is 10.1 Å². The number of hydrogen-bond donors (Lipinski definition) is 2. The standard InChI is InChI=1S/C18H18N6O3/c25-16-4-3-14(21-22-16)18(27)24-7-5-23(6-8-24)17(26)10-12-1-2-13-15(9-12)20-11-19-13/h1-4,9,11H,5-8,10H2,(H,19,20)(H,22,25). The average molecular weight is 366 g/mol. The lowest BCUT2D eigenvalue weighted by molar-refractivity contribution is -0.131. The maximum absolute atomic E-state index is 12.6. The third-order valence-electron chi connectivity index (χ3n) is 4.66. The first kappa shape index (κ1) is 17.0. The molecule has 9 nitrogen and oxygen atoms in total. The van der Waals surface area contributed by atoms with Crippen molar-refractivity contribution in [2.24, 2.45) is 0 Å². The number of benzene rings is 1. The summed E-state index contributed by atoms with van der Waals surface area (Å²) in [5, 5.41) is 6.03. The molecule has 2 N–H and O–H groups in total. The van der Waals surface area contributed by atoms with Gasteiger partial charge in [-0.15, -0.1) is 0 Å². The van der Waals surface area contributed by atoms with Crippen LogP contribution in [-0.2, 0) is 11.2 Å². The Morgan fingerprint density at radius 1 is 1.04 bits per heavy atom. The zero-order valence-corrected chi connectivity index (χ0v) is 14.5. The van der Waals surface area contributed by atoms with Crippen molar-refractivity contribution in [3.63, 3.8) is 0 Å². The molecule has 0 bridgehead atoms. The number of amides is 2. The Morgan fingerprint density at radius 3 is 2.56 bits per heavy atom. The van der Waals surface area contributed by atoms with Crippen LogP contribution in [0.1, 0.15) is 16.1 Å². The van der Waals surface area contributed by atoms with Gasteiger partial charge in [0.15, 0.2) is 0 Å². The van der Waals surface area contributed by atoms with Crippen LogP contribution in [0.3, 0.4) is 0 Å².